The van der Waals surface area contributed by atoms with Gasteiger partial charge < -0.3 is 43.2 Å². The Labute approximate surface area is 666 Å². The molecule has 0 aromatic heterocycles. The van der Waals surface area contributed by atoms with Crippen LogP contribution in [-0.4, -0.2) is 106 Å². The number of benzene rings is 3. The number of alkyl halides is 2. The molecule has 0 amide bonds. The number of rotatable bonds is 20. The Morgan fingerprint density at radius 3 is 1.27 bits per heavy atom. The molecule has 17 nitrogen and oxygen atoms in total. The van der Waals surface area contributed by atoms with Crippen molar-refractivity contribution in [2.45, 2.75) is 346 Å². The average Bonchev–Trinajstić information content (AvgIpc) is 0.915. The van der Waals surface area contributed by atoms with Gasteiger partial charge in [-0.05, 0) is 286 Å². The number of hydrogen-bond acceptors (Lipinski definition) is 17. The van der Waals surface area contributed by atoms with Crippen LogP contribution in [0.25, 0.3) is 0 Å². The number of hydrogen-bond donors (Lipinski definition) is 2. The molecule has 1 aliphatic heterocycles. The summed E-state index contributed by atoms with van der Waals surface area (Å²) in [6, 6.07) is 28.9. The van der Waals surface area contributed by atoms with Crippen molar-refractivity contribution < 1.29 is 89.2 Å². The van der Waals surface area contributed by atoms with E-state index in [9.17, 15) is 60.7 Å². The molecule has 1 heterocycles. The van der Waals surface area contributed by atoms with Crippen molar-refractivity contribution >= 4 is 56.8 Å². The van der Waals surface area contributed by atoms with E-state index in [4.69, 9.17) is 23.7 Å². The predicted molar refractivity (Wildman–Crippen MR) is 435 cm³/mol. The van der Waals surface area contributed by atoms with Crippen LogP contribution in [0.2, 0.25) is 0 Å². The molecule has 13 aliphatic rings. The minimum atomic E-state index is -6.10. The fraction of sp³-hybridized carbons (Fsp3) is 0.730. The summed E-state index contributed by atoms with van der Waals surface area (Å²) in [6.45, 7) is 25.6. The minimum Gasteiger partial charge on any atom is -0.743 e. The van der Waals surface area contributed by atoms with Gasteiger partial charge in [0.25, 0.3) is 0 Å². The van der Waals surface area contributed by atoms with Crippen LogP contribution in [0.3, 0.4) is 0 Å². The molecule has 1 saturated heterocycles. The number of halogens is 2. The second kappa shape index (κ2) is 39.7. The van der Waals surface area contributed by atoms with Gasteiger partial charge in [-0.1, -0.05) is 130 Å². The molecular formula is C89H146F2O17S2. The van der Waals surface area contributed by atoms with Gasteiger partial charge in [0.1, 0.15) is 17.0 Å². The van der Waals surface area contributed by atoms with Crippen molar-refractivity contribution in [1.82, 2.24) is 0 Å². The van der Waals surface area contributed by atoms with E-state index in [1.54, 1.807) is 13.8 Å². The highest BCUT2D eigenvalue weighted by atomic mass is 32.2. The average molecular weight is 1590 g/mol. The van der Waals surface area contributed by atoms with E-state index in [2.05, 4.69) is 79.2 Å². The quantitative estimate of drug-likeness (QED) is 0.0350. The summed E-state index contributed by atoms with van der Waals surface area (Å²) >= 11 is 0. The molecular weight excluding hydrogens is 1440 g/mol. The first-order valence-corrected chi connectivity index (χ1v) is 40.2. The molecule has 12 bridgehead atoms. The van der Waals surface area contributed by atoms with Gasteiger partial charge in [0.2, 0.25) is 6.10 Å². The SMILES string of the molecule is C.C.C.C.C.C.C.C.CCC(C)(C)C(=O)OC1(CC)C2CC3CC(C2)CC1C3.CCC(C)(C)C(=O)OC12CC3CC(CC(O)(C3)C1)C2.CCC(C)(C)C(=O)OC1CCOC1=O.CCC(C)(C)C(=O)Oc1ccc([S+](c2ccccc2)c2ccccc2)cc1.O=C(OCC12CC3CC(CC(O)(C3)C1)C2)C(F)(F)S(=O)(=O)[O-]. The zero-order chi connectivity index (χ0) is 74.9. The lowest BCUT2D eigenvalue weighted by Gasteiger charge is -2.60. The highest BCUT2D eigenvalue weighted by molar-refractivity contribution is 7.97. The van der Waals surface area contributed by atoms with Crippen molar-refractivity contribution in [1.29, 1.82) is 0 Å². The molecule has 630 valence electrons. The first kappa shape index (κ1) is 103. The maximum Gasteiger partial charge on any atom is 0.428 e. The minimum absolute atomic E-state index is 0. The first-order chi connectivity index (χ1) is 47.6. The Hall–Kier alpha value is -5.48. The predicted octanol–water partition coefficient (Wildman–Crippen LogP) is 21.1. The summed E-state index contributed by atoms with van der Waals surface area (Å²) in [5.74, 6) is 2.06. The molecule has 0 radical (unpaired) electrons. The Bertz CT molecular complexity index is 3460. The number of aliphatic hydroxyl groups is 2. The lowest BCUT2D eigenvalue weighted by Crippen LogP contribution is -2.61. The van der Waals surface area contributed by atoms with E-state index in [0.29, 0.717) is 87.4 Å². The molecule has 110 heavy (non-hydrogen) atoms. The van der Waals surface area contributed by atoms with Crippen LogP contribution in [0.1, 0.15) is 297 Å². The number of esters is 6. The second-order valence-electron chi connectivity index (χ2n) is 34.6. The van der Waals surface area contributed by atoms with Gasteiger partial charge in [-0.3, -0.25) is 19.2 Å². The van der Waals surface area contributed by atoms with Crippen molar-refractivity contribution in [3.63, 3.8) is 0 Å². The summed E-state index contributed by atoms with van der Waals surface area (Å²) in [5, 5.41) is 16.1. The molecule has 12 saturated carbocycles. The van der Waals surface area contributed by atoms with Gasteiger partial charge in [-0.25, -0.2) is 18.0 Å². The Morgan fingerprint density at radius 1 is 0.509 bits per heavy atom. The molecule has 5 unspecified atom stereocenters. The molecule has 16 rings (SSSR count). The van der Waals surface area contributed by atoms with Gasteiger partial charge >= 0.3 is 41.1 Å². The van der Waals surface area contributed by atoms with E-state index < -0.39 is 66.3 Å². The zero-order valence-electron chi connectivity index (χ0n) is 62.5. The molecule has 0 spiro atoms. The van der Waals surface area contributed by atoms with Gasteiger partial charge in [-0.2, -0.15) is 8.78 Å². The van der Waals surface area contributed by atoms with Crippen LogP contribution in [-0.2, 0) is 73.5 Å². The first-order valence-electron chi connectivity index (χ1n) is 37.6. The molecule has 21 heteroatoms. The van der Waals surface area contributed by atoms with E-state index in [-0.39, 0.29) is 129 Å². The third-order valence-electron chi connectivity index (χ3n) is 25.0. The van der Waals surface area contributed by atoms with Gasteiger partial charge in [0, 0.05) is 18.3 Å². The molecule has 13 fully saturated rings. The van der Waals surface area contributed by atoms with Crippen LogP contribution in [0, 0.1) is 74.4 Å². The number of carbonyl (C=O) groups excluding carboxylic acids is 6. The molecule has 3 aromatic carbocycles. The van der Waals surface area contributed by atoms with Crippen LogP contribution in [0.5, 0.6) is 5.75 Å². The molecule has 12 aliphatic carbocycles. The fourth-order valence-corrected chi connectivity index (χ4v) is 20.9. The van der Waals surface area contributed by atoms with E-state index in [1.807, 2.05) is 86.6 Å². The topological polar surface area (TPSA) is 255 Å². The monoisotopic (exact) mass is 1590 g/mol. The van der Waals surface area contributed by atoms with Crippen molar-refractivity contribution in [3.8, 4) is 5.75 Å². The van der Waals surface area contributed by atoms with Crippen LogP contribution >= 0.6 is 0 Å². The van der Waals surface area contributed by atoms with Crippen molar-refractivity contribution in [2.75, 3.05) is 13.2 Å². The maximum atomic E-state index is 13.1. The molecule has 5 atom stereocenters. The van der Waals surface area contributed by atoms with Gasteiger partial charge in [0.15, 0.2) is 24.8 Å². The lowest BCUT2D eigenvalue weighted by atomic mass is 9.48. The van der Waals surface area contributed by atoms with Gasteiger partial charge in [0.05, 0.1) is 57.0 Å². The summed E-state index contributed by atoms with van der Waals surface area (Å²) in [4.78, 5) is 74.9. The largest absolute Gasteiger partial charge is 0.743 e. The van der Waals surface area contributed by atoms with E-state index in [1.165, 1.54) is 53.2 Å². The smallest absolute Gasteiger partial charge is 0.428 e. The summed E-state index contributed by atoms with van der Waals surface area (Å²) in [7, 11) is -6.29. The van der Waals surface area contributed by atoms with Crippen LogP contribution < -0.4 is 4.74 Å². The van der Waals surface area contributed by atoms with E-state index >= 15 is 0 Å². The summed E-state index contributed by atoms with van der Waals surface area (Å²) in [5.41, 5.74) is -4.22. The van der Waals surface area contributed by atoms with Crippen molar-refractivity contribution in [3.05, 3.63) is 84.9 Å². The summed E-state index contributed by atoms with van der Waals surface area (Å²) in [6.07, 6.45) is 20.2. The standard InChI is InChI=1S/C24H25O2S.C18H30O2.C16H26O3.C13H18F2O6S.C10H16O4.8CH4/c1-4-24(2,3)23(25)26-19-15-17-22(18-16-19)27(20-11-7-5-8-12-20)21-13-9-6-10-14-21;1-5-17(3,4)16(19)20-18(6-2)14-8-12-7-13(10-14)11-15(18)9-12;1-4-14(2,3)13(17)19-16-8-11-5-12(9-16)7-15(18,6-11)10-16;14-13(15,22(18,19)20)10(16)21-7-11-2-8-1-9(3-11)5-12(17,4-8)6-11;1-4-10(2,3)9(12)14-7-5-6-13-8(7)11;;;;;;;;/h5-18H,4H2,1-3H3;12-15H,5-11H2,1-4H3;11-12,18H,4-10H2,1-3H3;8-9,17H,1-7H2,(H,18,19,20);7H,4-6H2,1-3H3;8*1H4/q+1;;;;;;;;;;;;/p-1. The highest BCUT2D eigenvalue weighted by Crippen LogP contribution is 2.64. The van der Waals surface area contributed by atoms with Crippen LogP contribution in [0.15, 0.2) is 99.6 Å². The Kier molecular flexibility index (Phi) is 37.0. The maximum absolute atomic E-state index is 13.1. The Morgan fingerprint density at radius 2 is 0.891 bits per heavy atom. The Balaban J connectivity index is 0.000000684. The summed E-state index contributed by atoms with van der Waals surface area (Å²) < 4.78 is 89.6. The number of ether oxygens (including phenoxy) is 6. The lowest BCUT2D eigenvalue weighted by molar-refractivity contribution is -0.225. The fourth-order valence-electron chi connectivity index (χ4n) is 18.5. The van der Waals surface area contributed by atoms with E-state index in [0.717, 1.165) is 69.6 Å². The highest BCUT2D eigenvalue weighted by Gasteiger charge is 2.62. The normalized spacial score (nSPS) is 29.2. The number of carbonyl (C=O) groups is 6. The third kappa shape index (κ3) is 23.4. The number of cyclic esters (lactones) is 1. The third-order valence-corrected chi connectivity index (χ3v) is 28.0. The zero-order valence-corrected chi connectivity index (χ0v) is 64.2. The van der Waals surface area contributed by atoms with Gasteiger partial charge in [-0.15, -0.1) is 0 Å². The second-order valence-corrected chi connectivity index (χ2v) is 38.0. The van der Waals surface area contributed by atoms with Crippen molar-refractivity contribution in [2.24, 2.45) is 74.4 Å². The molecule has 2 N–H and O–H groups in total. The van der Waals surface area contributed by atoms with Crippen LogP contribution in [0.4, 0.5) is 8.78 Å². The molecule has 3 aromatic rings.